The SMILES string of the molecule is CC(=O)CCC(=O)c1ccc(Br)cc1F. The van der Waals surface area contributed by atoms with Gasteiger partial charge in [-0.1, -0.05) is 15.9 Å². The molecular formula is C11H10BrFO2. The second kappa shape index (κ2) is 5.16. The number of carbonyl (C=O) groups is 2. The Kier molecular flexibility index (Phi) is 4.15. The van der Waals surface area contributed by atoms with Crippen LogP contribution in [0, 0.1) is 5.82 Å². The van der Waals surface area contributed by atoms with Gasteiger partial charge in [0.2, 0.25) is 0 Å². The fourth-order valence-electron chi connectivity index (χ4n) is 1.14. The molecule has 0 bridgehead atoms. The average Bonchev–Trinajstić information content (AvgIpc) is 2.14. The number of halogens is 2. The van der Waals surface area contributed by atoms with Crippen molar-refractivity contribution in [2.45, 2.75) is 19.8 Å². The maximum absolute atomic E-state index is 13.3. The van der Waals surface area contributed by atoms with E-state index in [4.69, 9.17) is 0 Å². The van der Waals surface area contributed by atoms with E-state index in [0.717, 1.165) is 0 Å². The zero-order chi connectivity index (χ0) is 11.4. The van der Waals surface area contributed by atoms with Crippen LogP contribution in [0.1, 0.15) is 30.1 Å². The summed E-state index contributed by atoms with van der Waals surface area (Å²) >= 11 is 3.10. The molecule has 0 heterocycles. The molecule has 0 amide bonds. The Hall–Kier alpha value is -1.03. The first-order valence-corrected chi connectivity index (χ1v) is 5.27. The third-order valence-electron chi connectivity index (χ3n) is 1.94. The van der Waals surface area contributed by atoms with E-state index >= 15 is 0 Å². The number of rotatable bonds is 4. The van der Waals surface area contributed by atoms with Gasteiger partial charge in [-0.2, -0.15) is 0 Å². The van der Waals surface area contributed by atoms with Crippen LogP contribution in [0.3, 0.4) is 0 Å². The Bertz CT molecular complexity index is 402. The molecule has 0 saturated heterocycles. The summed E-state index contributed by atoms with van der Waals surface area (Å²) in [4.78, 5) is 22.1. The van der Waals surface area contributed by atoms with Gasteiger partial charge in [-0.15, -0.1) is 0 Å². The minimum absolute atomic E-state index is 0.0412. The lowest BCUT2D eigenvalue weighted by molar-refractivity contribution is -0.116. The Morgan fingerprint density at radius 3 is 2.53 bits per heavy atom. The van der Waals surface area contributed by atoms with Crippen molar-refractivity contribution in [3.8, 4) is 0 Å². The third kappa shape index (κ3) is 3.55. The van der Waals surface area contributed by atoms with Gasteiger partial charge in [0.15, 0.2) is 5.78 Å². The molecule has 0 unspecified atom stereocenters. The Balaban J connectivity index is 2.78. The van der Waals surface area contributed by atoms with Gasteiger partial charge >= 0.3 is 0 Å². The van der Waals surface area contributed by atoms with E-state index in [0.29, 0.717) is 4.47 Å². The molecule has 0 spiro atoms. The summed E-state index contributed by atoms with van der Waals surface area (Å²) in [7, 11) is 0. The van der Waals surface area contributed by atoms with Crippen LogP contribution in [0.4, 0.5) is 4.39 Å². The van der Waals surface area contributed by atoms with Crippen LogP contribution in [0.25, 0.3) is 0 Å². The van der Waals surface area contributed by atoms with E-state index in [-0.39, 0.29) is 30.0 Å². The largest absolute Gasteiger partial charge is 0.300 e. The summed E-state index contributed by atoms with van der Waals surface area (Å²) in [5.74, 6) is -0.964. The number of carbonyl (C=O) groups excluding carboxylic acids is 2. The summed E-state index contributed by atoms with van der Waals surface area (Å²) in [6, 6.07) is 4.26. The molecule has 80 valence electrons. The van der Waals surface area contributed by atoms with Gasteiger partial charge in [-0.25, -0.2) is 4.39 Å². The molecular weight excluding hydrogens is 263 g/mol. The van der Waals surface area contributed by atoms with Crippen molar-refractivity contribution in [3.63, 3.8) is 0 Å². The van der Waals surface area contributed by atoms with Gasteiger partial charge < -0.3 is 4.79 Å². The normalized spacial score (nSPS) is 10.1. The standard InChI is InChI=1S/C11H10BrFO2/c1-7(14)2-5-11(15)9-4-3-8(12)6-10(9)13/h3-4,6H,2,5H2,1H3. The number of ketones is 2. The van der Waals surface area contributed by atoms with Crippen LogP contribution in [-0.2, 0) is 4.79 Å². The monoisotopic (exact) mass is 272 g/mol. The molecule has 0 aliphatic heterocycles. The highest BCUT2D eigenvalue weighted by Gasteiger charge is 2.12. The van der Waals surface area contributed by atoms with Crippen LogP contribution in [0.5, 0.6) is 0 Å². The lowest BCUT2D eigenvalue weighted by atomic mass is 10.1. The van der Waals surface area contributed by atoms with Crippen molar-refractivity contribution in [1.82, 2.24) is 0 Å². The van der Waals surface area contributed by atoms with E-state index in [1.165, 1.54) is 19.1 Å². The molecule has 0 atom stereocenters. The fourth-order valence-corrected chi connectivity index (χ4v) is 1.47. The first-order valence-electron chi connectivity index (χ1n) is 4.48. The van der Waals surface area contributed by atoms with Crippen LogP contribution in [0.15, 0.2) is 22.7 Å². The quantitative estimate of drug-likeness (QED) is 0.790. The second-order valence-corrected chi connectivity index (χ2v) is 4.17. The van der Waals surface area contributed by atoms with E-state index in [9.17, 15) is 14.0 Å². The van der Waals surface area contributed by atoms with E-state index in [1.54, 1.807) is 6.07 Å². The van der Waals surface area contributed by atoms with Crippen molar-refractivity contribution in [2.24, 2.45) is 0 Å². The number of benzene rings is 1. The predicted molar refractivity (Wildman–Crippen MR) is 58.3 cm³/mol. The zero-order valence-corrected chi connectivity index (χ0v) is 9.80. The van der Waals surface area contributed by atoms with Crippen molar-refractivity contribution in [3.05, 3.63) is 34.1 Å². The van der Waals surface area contributed by atoms with Gasteiger partial charge in [0.1, 0.15) is 11.6 Å². The van der Waals surface area contributed by atoms with Gasteiger partial charge in [0.05, 0.1) is 5.56 Å². The molecule has 1 aromatic rings. The van der Waals surface area contributed by atoms with E-state index in [1.807, 2.05) is 0 Å². The Labute approximate surface area is 95.6 Å². The molecule has 0 N–H and O–H groups in total. The van der Waals surface area contributed by atoms with Crippen LogP contribution >= 0.6 is 15.9 Å². The molecule has 0 saturated carbocycles. The van der Waals surface area contributed by atoms with Crippen LogP contribution in [0.2, 0.25) is 0 Å². The molecule has 1 rings (SSSR count). The van der Waals surface area contributed by atoms with Gasteiger partial charge in [0.25, 0.3) is 0 Å². The maximum atomic E-state index is 13.3. The highest BCUT2D eigenvalue weighted by Crippen LogP contribution is 2.17. The lowest BCUT2D eigenvalue weighted by Gasteiger charge is -2.01. The highest BCUT2D eigenvalue weighted by atomic mass is 79.9. The van der Waals surface area contributed by atoms with Crippen LogP contribution in [-0.4, -0.2) is 11.6 Å². The number of hydrogen-bond donors (Lipinski definition) is 0. The van der Waals surface area contributed by atoms with E-state index < -0.39 is 5.82 Å². The fraction of sp³-hybridized carbons (Fsp3) is 0.273. The van der Waals surface area contributed by atoms with Crippen molar-refractivity contribution in [1.29, 1.82) is 0 Å². The molecule has 4 heteroatoms. The average molecular weight is 273 g/mol. The van der Waals surface area contributed by atoms with Gasteiger partial charge in [-0.05, 0) is 25.1 Å². The van der Waals surface area contributed by atoms with Crippen LogP contribution < -0.4 is 0 Å². The van der Waals surface area contributed by atoms with Gasteiger partial charge in [0, 0.05) is 17.3 Å². The first-order chi connectivity index (χ1) is 7.00. The minimum Gasteiger partial charge on any atom is -0.300 e. The molecule has 0 aromatic heterocycles. The highest BCUT2D eigenvalue weighted by molar-refractivity contribution is 9.10. The zero-order valence-electron chi connectivity index (χ0n) is 8.22. The molecule has 0 radical (unpaired) electrons. The van der Waals surface area contributed by atoms with Crippen molar-refractivity contribution in [2.75, 3.05) is 0 Å². The molecule has 0 fully saturated rings. The van der Waals surface area contributed by atoms with Crippen molar-refractivity contribution >= 4 is 27.5 Å². The predicted octanol–water partition coefficient (Wildman–Crippen LogP) is 3.14. The molecule has 1 aromatic carbocycles. The smallest absolute Gasteiger partial charge is 0.166 e. The summed E-state index contributed by atoms with van der Waals surface area (Å²) < 4.78 is 13.9. The minimum atomic E-state index is -0.557. The summed E-state index contributed by atoms with van der Waals surface area (Å²) in [6.45, 7) is 1.41. The summed E-state index contributed by atoms with van der Waals surface area (Å²) in [5.41, 5.74) is 0.0412. The number of Topliss-reactive ketones (excluding diaryl/α,β-unsaturated/α-hetero) is 2. The van der Waals surface area contributed by atoms with E-state index in [2.05, 4.69) is 15.9 Å². The summed E-state index contributed by atoms with van der Waals surface area (Å²) in [5, 5.41) is 0. The first kappa shape index (κ1) is 12.0. The molecule has 0 aliphatic rings. The Morgan fingerprint density at radius 2 is 2.00 bits per heavy atom. The molecule has 2 nitrogen and oxygen atoms in total. The maximum Gasteiger partial charge on any atom is 0.166 e. The lowest BCUT2D eigenvalue weighted by Crippen LogP contribution is -2.04. The molecule has 15 heavy (non-hydrogen) atoms. The summed E-state index contributed by atoms with van der Waals surface area (Å²) in [6.07, 6.45) is 0.224. The van der Waals surface area contributed by atoms with Crippen molar-refractivity contribution < 1.29 is 14.0 Å². The second-order valence-electron chi connectivity index (χ2n) is 3.25. The third-order valence-corrected chi connectivity index (χ3v) is 2.43. The number of hydrogen-bond acceptors (Lipinski definition) is 2. The topological polar surface area (TPSA) is 34.1 Å². The Morgan fingerprint density at radius 1 is 1.33 bits per heavy atom. The van der Waals surface area contributed by atoms with Gasteiger partial charge in [-0.3, -0.25) is 4.79 Å². The molecule has 0 aliphatic carbocycles.